The van der Waals surface area contributed by atoms with Gasteiger partial charge >= 0.3 is 11.9 Å². The van der Waals surface area contributed by atoms with Crippen molar-refractivity contribution in [2.45, 2.75) is 91.0 Å². The lowest BCUT2D eigenvalue weighted by Crippen LogP contribution is -2.37. The average Bonchev–Trinajstić information content (AvgIpc) is 3.32. The molecule has 234 valence electrons. The van der Waals surface area contributed by atoms with Crippen molar-refractivity contribution in [2.75, 3.05) is 7.11 Å². The molecule has 2 atom stereocenters. The number of carboxylic acid groups (broad SMARTS) is 2. The molecule has 3 heterocycles. The number of ether oxygens (including phenoxy) is 3. The molecule has 0 spiro atoms. The summed E-state index contributed by atoms with van der Waals surface area (Å²) in [5.41, 5.74) is -1.73. The quantitative estimate of drug-likeness (QED) is 0.161. The molecule has 10 nitrogen and oxygen atoms in total. The highest BCUT2D eigenvalue weighted by Gasteiger charge is 2.57. The van der Waals surface area contributed by atoms with Crippen LogP contribution in [0.2, 0.25) is 0 Å². The molecule has 10 heteroatoms. The van der Waals surface area contributed by atoms with Crippen LogP contribution in [0.4, 0.5) is 0 Å². The summed E-state index contributed by atoms with van der Waals surface area (Å²) < 4.78 is 24.9. The Kier molecular flexibility index (Phi) is 7.16. The fourth-order valence-corrected chi connectivity index (χ4v) is 6.41. The van der Waals surface area contributed by atoms with Crippen molar-refractivity contribution < 1.29 is 43.5 Å². The molecule has 0 saturated carbocycles. The van der Waals surface area contributed by atoms with Gasteiger partial charge in [0.05, 0.1) is 18.1 Å². The standard InChI is InChI=1S/C34H38O10/c1-15(2)10-11-18-27-21(26(36)24-28(18)42-17(4)32(24,5)6)25(35)19-14-20(41-9)22-23(29(19)43-27)33(7,8)44-34(22,31(39)40)13-12-16(3)30(37)38/h10,12,14,17,36H,11,13H2,1-9H3,(H,37,38)(H,39,40)/b16-12+/t17-,34+/m0/s1. The number of benzene rings is 2. The van der Waals surface area contributed by atoms with Crippen molar-refractivity contribution in [3.8, 4) is 17.2 Å². The number of allylic oxidation sites excluding steroid dienone is 2. The number of fused-ring (bicyclic) bond motifs is 5. The second-order valence-corrected chi connectivity index (χ2v) is 13.0. The van der Waals surface area contributed by atoms with Gasteiger partial charge in [0.15, 0.2) is 5.60 Å². The van der Waals surface area contributed by atoms with Gasteiger partial charge in [-0.1, -0.05) is 31.6 Å². The van der Waals surface area contributed by atoms with E-state index in [0.29, 0.717) is 23.3 Å². The van der Waals surface area contributed by atoms with Crippen LogP contribution in [-0.4, -0.2) is 40.5 Å². The topological polar surface area (TPSA) is 153 Å². The molecular formula is C34H38O10. The predicted octanol–water partition coefficient (Wildman–Crippen LogP) is 6.19. The van der Waals surface area contributed by atoms with Gasteiger partial charge in [-0.25, -0.2) is 9.59 Å². The number of aliphatic carboxylic acids is 2. The first-order chi connectivity index (χ1) is 20.4. The number of phenols is 1. The van der Waals surface area contributed by atoms with Gasteiger partial charge in [-0.2, -0.15) is 0 Å². The third-order valence-electron chi connectivity index (χ3n) is 9.10. The van der Waals surface area contributed by atoms with Crippen LogP contribution in [0.3, 0.4) is 0 Å². The highest BCUT2D eigenvalue weighted by molar-refractivity contribution is 6.01. The summed E-state index contributed by atoms with van der Waals surface area (Å²) in [4.78, 5) is 38.9. The van der Waals surface area contributed by atoms with Gasteiger partial charge in [-0.05, 0) is 54.0 Å². The third kappa shape index (κ3) is 4.29. The maximum Gasteiger partial charge on any atom is 0.341 e. The molecule has 0 fully saturated rings. The molecule has 3 N–H and O–H groups in total. The number of hydrogen-bond acceptors (Lipinski definition) is 8. The minimum absolute atomic E-state index is 0.00224. The number of carbonyl (C=O) groups is 2. The Morgan fingerprint density at radius 3 is 2.25 bits per heavy atom. The van der Waals surface area contributed by atoms with E-state index < -0.39 is 34.0 Å². The molecule has 3 aromatic rings. The number of phenolic OH excluding ortho intramolecular Hbond substituents is 1. The fourth-order valence-electron chi connectivity index (χ4n) is 6.41. The molecule has 0 saturated heterocycles. The number of methoxy groups -OCH3 is 1. The summed E-state index contributed by atoms with van der Waals surface area (Å²) in [6.45, 7) is 14.4. The molecule has 0 amide bonds. The second-order valence-electron chi connectivity index (χ2n) is 13.0. The third-order valence-corrected chi connectivity index (χ3v) is 9.10. The van der Waals surface area contributed by atoms with E-state index in [2.05, 4.69) is 0 Å². The van der Waals surface area contributed by atoms with Gasteiger partial charge in [0.1, 0.15) is 39.9 Å². The van der Waals surface area contributed by atoms with E-state index in [1.807, 2.05) is 40.7 Å². The largest absolute Gasteiger partial charge is 0.507 e. The summed E-state index contributed by atoms with van der Waals surface area (Å²) in [5, 5.41) is 31.8. The summed E-state index contributed by atoms with van der Waals surface area (Å²) in [7, 11) is 1.35. The molecule has 2 aliphatic rings. The molecule has 2 aromatic carbocycles. The Labute approximate surface area is 254 Å². The van der Waals surface area contributed by atoms with Crippen molar-refractivity contribution in [2.24, 2.45) is 0 Å². The maximum atomic E-state index is 14.4. The first-order valence-electron chi connectivity index (χ1n) is 14.4. The van der Waals surface area contributed by atoms with Gasteiger partial charge in [0.25, 0.3) is 0 Å². The first kappa shape index (κ1) is 31.1. The molecule has 5 rings (SSSR count). The Balaban J connectivity index is 1.98. The van der Waals surface area contributed by atoms with Crippen molar-refractivity contribution in [3.05, 3.63) is 61.8 Å². The Bertz CT molecular complexity index is 1880. The van der Waals surface area contributed by atoms with Crippen LogP contribution >= 0.6 is 0 Å². The van der Waals surface area contributed by atoms with E-state index in [1.54, 1.807) is 13.8 Å². The van der Waals surface area contributed by atoms with Gasteiger partial charge in [0.2, 0.25) is 5.43 Å². The lowest BCUT2D eigenvalue weighted by Gasteiger charge is -2.28. The fraction of sp³-hybridized carbons (Fsp3) is 0.441. The van der Waals surface area contributed by atoms with Gasteiger partial charge < -0.3 is 33.9 Å². The Morgan fingerprint density at radius 2 is 1.68 bits per heavy atom. The number of carboxylic acids is 2. The van der Waals surface area contributed by atoms with E-state index in [0.717, 1.165) is 5.57 Å². The van der Waals surface area contributed by atoms with Crippen LogP contribution in [0.25, 0.3) is 21.9 Å². The molecular weight excluding hydrogens is 568 g/mol. The summed E-state index contributed by atoms with van der Waals surface area (Å²) in [5.74, 6) is -2.24. The van der Waals surface area contributed by atoms with Crippen LogP contribution in [-0.2, 0) is 37.4 Å². The predicted molar refractivity (Wildman–Crippen MR) is 164 cm³/mol. The molecule has 0 radical (unpaired) electrons. The van der Waals surface area contributed by atoms with Crippen molar-refractivity contribution in [3.63, 3.8) is 0 Å². The normalized spacial score (nSPS) is 21.6. The zero-order valence-corrected chi connectivity index (χ0v) is 26.4. The smallest absolute Gasteiger partial charge is 0.341 e. The zero-order valence-electron chi connectivity index (χ0n) is 26.4. The summed E-state index contributed by atoms with van der Waals surface area (Å²) in [6, 6.07) is 1.41. The van der Waals surface area contributed by atoms with Crippen LogP contribution in [0.15, 0.2) is 38.6 Å². The first-order valence-corrected chi connectivity index (χ1v) is 14.4. The van der Waals surface area contributed by atoms with Crippen molar-refractivity contribution in [1.82, 2.24) is 0 Å². The minimum atomic E-state index is -2.05. The molecule has 2 aliphatic heterocycles. The molecule has 1 aromatic heterocycles. The summed E-state index contributed by atoms with van der Waals surface area (Å²) in [6.07, 6.45) is 3.01. The average molecular weight is 607 g/mol. The van der Waals surface area contributed by atoms with Crippen LogP contribution in [0.5, 0.6) is 17.2 Å². The van der Waals surface area contributed by atoms with Gasteiger partial charge in [-0.3, -0.25) is 4.79 Å². The Morgan fingerprint density at radius 1 is 1.02 bits per heavy atom. The minimum Gasteiger partial charge on any atom is -0.507 e. The Hall–Kier alpha value is -4.31. The van der Waals surface area contributed by atoms with Crippen LogP contribution in [0, 0.1) is 0 Å². The lowest BCUT2D eigenvalue weighted by molar-refractivity contribution is -0.182. The number of rotatable bonds is 7. The van der Waals surface area contributed by atoms with E-state index in [4.69, 9.17) is 18.6 Å². The van der Waals surface area contributed by atoms with Crippen molar-refractivity contribution >= 4 is 33.9 Å². The van der Waals surface area contributed by atoms with E-state index in [9.17, 15) is 29.7 Å². The monoisotopic (exact) mass is 606 g/mol. The van der Waals surface area contributed by atoms with E-state index in [-0.39, 0.29) is 62.7 Å². The number of aromatic hydroxyl groups is 1. The van der Waals surface area contributed by atoms with Gasteiger partial charge in [-0.15, -0.1) is 0 Å². The molecule has 44 heavy (non-hydrogen) atoms. The van der Waals surface area contributed by atoms with E-state index >= 15 is 0 Å². The molecule has 0 bridgehead atoms. The molecule has 0 unspecified atom stereocenters. The highest BCUT2D eigenvalue weighted by Crippen LogP contribution is 2.57. The molecule has 0 aliphatic carbocycles. The van der Waals surface area contributed by atoms with E-state index in [1.165, 1.54) is 26.2 Å². The van der Waals surface area contributed by atoms with Crippen LogP contribution < -0.4 is 14.9 Å². The summed E-state index contributed by atoms with van der Waals surface area (Å²) >= 11 is 0. The maximum absolute atomic E-state index is 14.4. The lowest BCUT2D eigenvalue weighted by atomic mass is 9.79. The van der Waals surface area contributed by atoms with Crippen LogP contribution in [0.1, 0.15) is 84.1 Å². The van der Waals surface area contributed by atoms with Gasteiger partial charge in [0, 0.05) is 39.7 Å². The van der Waals surface area contributed by atoms with Crippen molar-refractivity contribution in [1.29, 1.82) is 0 Å². The highest BCUT2D eigenvalue weighted by atomic mass is 16.6. The number of hydrogen-bond donors (Lipinski definition) is 3. The SMILES string of the molecule is COc1cc2c(=O)c3c(O)c4c(c(CC=C(C)C)c3oc2c2c1[C@](C/C=C(\C)C(=O)O)(C(=O)O)OC2(C)C)O[C@@H](C)C4(C)C. The second kappa shape index (κ2) is 10.1. The zero-order chi connectivity index (χ0) is 32.7.